The van der Waals surface area contributed by atoms with Crippen LogP contribution in [0.3, 0.4) is 0 Å². The smallest absolute Gasteiger partial charge is 0.255 e. The van der Waals surface area contributed by atoms with Gasteiger partial charge in [0, 0.05) is 18.1 Å². The third-order valence-electron chi connectivity index (χ3n) is 4.15. The number of nitrogens with zero attached hydrogens (tertiary/aromatic N) is 3. The van der Waals surface area contributed by atoms with Gasteiger partial charge in [0.1, 0.15) is 0 Å². The molecule has 2 aromatic heterocycles. The third kappa shape index (κ3) is 3.76. The molecular weight excluding hydrogens is 292 g/mol. The highest BCUT2D eigenvalue weighted by Gasteiger charge is 2.21. The zero-order valence-corrected chi connectivity index (χ0v) is 13.9. The topological polar surface area (TPSA) is 80.0 Å². The predicted octanol–water partition coefficient (Wildman–Crippen LogP) is 2.41. The molecule has 2 rings (SSSR count). The van der Waals surface area contributed by atoms with E-state index in [1.165, 1.54) is 0 Å². The van der Waals surface area contributed by atoms with Crippen molar-refractivity contribution < 1.29 is 9.90 Å². The number of carbonyl (C=O) groups is 1. The summed E-state index contributed by atoms with van der Waals surface area (Å²) in [6, 6.07) is 3.42. The minimum Gasteiger partial charge on any atom is -0.394 e. The van der Waals surface area contributed by atoms with E-state index in [0.29, 0.717) is 11.6 Å². The predicted molar refractivity (Wildman–Crippen MR) is 88.1 cm³/mol. The number of hydrogen-bond donors (Lipinski definition) is 2. The van der Waals surface area contributed by atoms with Crippen molar-refractivity contribution >= 4 is 5.91 Å². The monoisotopic (exact) mass is 316 g/mol. The van der Waals surface area contributed by atoms with Gasteiger partial charge in [0.25, 0.3) is 5.91 Å². The first-order valence-electron chi connectivity index (χ1n) is 7.98. The number of hydrogen-bond acceptors (Lipinski definition) is 4. The van der Waals surface area contributed by atoms with Crippen LogP contribution in [0.5, 0.6) is 0 Å². The molecule has 0 saturated carbocycles. The van der Waals surface area contributed by atoms with Crippen molar-refractivity contribution in [3.05, 3.63) is 47.5 Å². The Morgan fingerprint density at radius 1 is 1.35 bits per heavy atom. The quantitative estimate of drug-likeness (QED) is 0.822. The van der Waals surface area contributed by atoms with E-state index in [0.717, 1.165) is 24.1 Å². The molecule has 124 valence electrons. The number of pyridine rings is 1. The van der Waals surface area contributed by atoms with Crippen molar-refractivity contribution in [1.29, 1.82) is 0 Å². The molecular formula is C17H24N4O2. The van der Waals surface area contributed by atoms with Crippen molar-refractivity contribution in [3.8, 4) is 0 Å². The number of amides is 1. The number of aliphatic hydroxyl groups excluding tert-OH is 1. The Labute approximate surface area is 136 Å². The van der Waals surface area contributed by atoms with Gasteiger partial charge >= 0.3 is 0 Å². The van der Waals surface area contributed by atoms with Crippen molar-refractivity contribution in [2.24, 2.45) is 0 Å². The van der Waals surface area contributed by atoms with E-state index in [-0.39, 0.29) is 12.5 Å². The van der Waals surface area contributed by atoms with E-state index in [1.54, 1.807) is 24.7 Å². The highest BCUT2D eigenvalue weighted by molar-refractivity contribution is 5.95. The van der Waals surface area contributed by atoms with Gasteiger partial charge in [-0.25, -0.2) is 0 Å². The minimum atomic E-state index is -0.480. The van der Waals surface area contributed by atoms with Crippen molar-refractivity contribution in [3.63, 3.8) is 0 Å². The average Bonchev–Trinajstić information content (AvgIpc) is 2.96. The van der Waals surface area contributed by atoms with Crippen LogP contribution in [0.4, 0.5) is 0 Å². The van der Waals surface area contributed by atoms with E-state index in [9.17, 15) is 9.90 Å². The third-order valence-corrected chi connectivity index (χ3v) is 4.15. The summed E-state index contributed by atoms with van der Waals surface area (Å²) in [4.78, 5) is 16.5. The molecule has 6 heteroatoms. The lowest BCUT2D eigenvalue weighted by Gasteiger charge is -2.17. The van der Waals surface area contributed by atoms with E-state index in [2.05, 4.69) is 29.2 Å². The molecule has 0 saturated heterocycles. The molecule has 0 aliphatic heterocycles. The van der Waals surface area contributed by atoms with E-state index in [4.69, 9.17) is 0 Å². The average molecular weight is 316 g/mol. The Kier molecular flexibility index (Phi) is 5.87. The number of aromatic nitrogens is 3. The summed E-state index contributed by atoms with van der Waals surface area (Å²) < 4.78 is 1.91. The van der Waals surface area contributed by atoms with Crippen LogP contribution in [-0.4, -0.2) is 32.4 Å². The Morgan fingerprint density at radius 3 is 2.65 bits per heavy atom. The lowest BCUT2D eigenvalue weighted by Crippen LogP contribution is -2.31. The molecule has 2 N–H and O–H groups in total. The maximum Gasteiger partial charge on any atom is 0.255 e. The second kappa shape index (κ2) is 7.87. The van der Waals surface area contributed by atoms with Gasteiger partial charge in [-0.2, -0.15) is 5.10 Å². The van der Waals surface area contributed by atoms with Crippen molar-refractivity contribution in [2.75, 3.05) is 6.61 Å². The van der Waals surface area contributed by atoms with Crippen LogP contribution in [0.1, 0.15) is 60.4 Å². The van der Waals surface area contributed by atoms with Crippen LogP contribution in [-0.2, 0) is 0 Å². The first-order valence-corrected chi connectivity index (χ1v) is 7.98. The van der Waals surface area contributed by atoms with Crippen molar-refractivity contribution in [1.82, 2.24) is 20.1 Å². The SMILES string of the molecule is CCC(CC)n1ncc(C(=O)NC(CO)c2cccnc2)c1C. The molecule has 1 atom stereocenters. The van der Waals surface area contributed by atoms with Crippen LogP contribution < -0.4 is 5.32 Å². The first kappa shape index (κ1) is 17.1. The van der Waals surface area contributed by atoms with E-state index >= 15 is 0 Å². The molecule has 0 fully saturated rings. The zero-order chi connectivity index (χ0) is 16.8. The second-order valence-electron chi connectivity index (χ2n) is 5.55. The summed E-state index contributed by atoms with van der Waals surface area (Å²) in [5, 5.41) is 16.8. The van der Waals surface area contributed by atoms with Crippen molar-refractivity contribution in [2.45, 2.75) is 45.7 Å². The van der Waals surface area contributed by atoms with Gasteiger partial charge < -0.3 is 10.4 Å². The molecule has 0 bridgehead atoms. The lowest BCUT2D eigenvalue weighted by molar-refractivity contribution is 0.0915. The number of rotatable bonds is 7. The minimum absolute atomic E-state index is 0.183. The summed E-state index contributed by atoms with van der Waals surface area (Å²) in [7, 11) is 0. The van der Waals surface area contributed by atoms with E-state index < -0.39 is 6.04 Å². The molecule has 0 aliphatic rings. The normalized spacial score (nSPS) is 12.4. The number of aliphatic hydroxyl groups is 1. The molecule has 1 amide bonds. The molecule has 2 aromatic rings. The molecule has 6 nitrogen and oxygen atoms in total. The first-order chi connectivity index (χ1) is 11.1. The molecule has 23 heavy (non-hydrogen) atoms. The second-order valence-corrected chi connectivity index (χ2v) is 5.55. The summed E-state index contributed by atoms with van der Waals surface area (Å²) >= 11 is 0. The highest BCUT2D eigenvalue weighted by Crippen LogP contribution is 2.20. The van der Waals surface area contributed by atoms with E-state index in [1.807, 2.05) is 17.7 Å². The molecule has 1 unspecified atom stereocenters. The lowest BCUT2D eigenvalue weighted by atomic mass is 10.1. The van der Waals surface area contributed by atoms with Gasteiger partial charge in [-0.3, -0.25) is 14.5 Å². The van der Waals surface area contributed by atoms with Crippen LogP contribution in [0.25, 0.3) is 0 Å². The summed E-state index contributed by atoms with van der Waals surface area (Å²) in [6.07, 6.45) is 6.83. The largest absolute Gasteiger partial charge is 0.394 e. The maximum atomic E-state index is 12.5. The molecule has 0 spiro atoms. The van der Waals surface area contributed by atoms with Gasteiger partial charge in [-0.1, -0.05) is 19.9 Å². The highest BCUT2D eigenvalue weighted by atomic mass is 16.3. The summed E-state index contributed by atoms with van der Waals surface area (Å²) in [5.74, 6) is -0.234. The zero-order valence-electron chi connectivity index (χ0n) is 13.9. The molecule has 0 aromatic carbocycles. The van der Waals surface area contributed by atoms with Crippen LogP contribution in [0, 0.1) is 6.92 Å². The van der Waals surface area contributed by atoms with Crippen LogP contribution in [0.2, 0.25) is 0 Å². The summed E-state index contributed by atoms with van der Waals surface area (Å²) in [5.41, 5.74) is 2.16. The molecule has 0 radical (unpaired) electrons. The van der Waals surface area contributed by atoms with Crippen LogP contribution in [0.15, 0.2) is 30.7 Å². The van der Waals surface area contributed by atoms with Gasteiger partial charge in [-0.05, 0) is 31.4 Å². The van der Waals surface area contributed by atoms with Gasteiger partial charge in [0.05, 0.1) is 30.5 Å². The Bertz CT molecular complexity index is 635. The fraction of sp³-hybridized carbons (Fsp3) is 0.471. The van der Waals surface area contributed by atoms with Gasteiger partial charge in [-0.15, -0.1) is 0 Å². The Morgan fingerprint density at radius 2 is 2.09 bits per heavy atom. The maximum absolute atomic E-state index is 12.5. The van der Waals surface area contributed by atoms with Gasteiger partial charge in [0.15, 0.2) is 0 Å². The fourth-order valence-electron chi connectivity index (χ4n) is 2.70. The standard InChI is InChI=1S/C17H24N4O2/c1-4-14(5-2)21-12(3)15(10-19-21)17(23)20-16(11-22)13-7-6-8-18-9-13/h6-10,14,16,22H,4-5,11H2,1-3H3,(H,20,23). The number of nitrogens with one attached hydrogen (secondary N) is 1. The number of carbonyl (C=O) groups excluding carboxylic acids is 1. The Balaban J connectivity index is 2.17. The van der Waals surface area contributed by atoms with Gasteiger partial charge in [0.2, 0.25) is 0 Å². The fourth-order valence-corrected chi connectivity index (χ4v) is 2.70. The molecule has 0 aliphatic carbocycles. The van der Waals surface area contributed by atoms with Crippen LogP contribution >= 0.6 is 0 Å². The Hall–Kier alpha value is -2.21. The summed E-state index contributed by atoms with van der Waals surface area (Å²) in [6.45, 7) is 5.94. The molecule has 2 heterocycles.